The molecule has 0 aliphatic heterocycles. The molecule has 0 fully saturated rings. The average molecular weight is 701 g/mol. The molecule has 0 unspecified atom stereocenters. The molecule has 2 N–H and O–H groups in total. The predicted octanol–water partition coefficient (Wildman–Crippen LogP) is 13.1. The lowest BCUT2D eigenvalue weighted by Crippen LogP contribution is -2.26. The molecule has 9 aromatic rings. The third kappa shape index (κ3) is 4.34. The molecule has 2 heteroatoms. The molecule has 1 aromatic heterocycles. The summed E-state index contributed by atoms with van der Waals surface area (Å²) in [6.07, 6.45) is 5.81. The first-order chi connectivity index (χ1) is 27.2. The molecule has 0 saturated heterocycles. The van der Waals surface area contributed by atoms with Gasteiger partial charge in [0.2, 0.25) is 0 Å². The van der Waals surface area contributed by atoms with Gasteiger partial charge in [0.1, 0.15) is 0 Å². The second kappa shape index (κ2) is 12.0. The summed E-state index contributed by atoms with van der Waals surface area (Å²) >= 11 is 0. The van der Waals surface area contributed by atoms with Gasteiger partial charge in [-0.3, -0.25) is 0 Å². The standard InChI is InChI=1S/C53H36N2/c1-2-3-28-47(54)49-30-15-29-48(55-49)34-17-14-16-33(31-34)43-32-44-50-40-23-7-4-18-35(40)36-19-5-9-25-42(36)52(50)53(51(44)41-24-8-6-20-37(41)43)45-26-12-10-21-38(45)39-22-11-13-27-46(39)53/h2-32H,54H2,1H3/b3-2-,47-28-. The number of rotatable bonds is 4. The van der Waals surface area contributed by atoms with Crippen LogP contribution >= 0.6 is 0 Å². The van der Waals surface area contributed by atoms with Crippen LogP contribution in [0.25, 0.3) is 82.7 Å². The number of nitrogens with zero attached hydrogens (tertiary/aromatic N) is 1. The molecular formula is C53H36N2. The molecule has 2 nitrogen and oxygen atoms in total. The summed E-state index contributed by atoms with van der Waals surface area (Å²) in [6, 6.07) is 62.8. The lowest BCUT2D eigenvalue weighted by atomic mass is 9.68. The molecule has 0 bridgehead atoms. The Morgan fingerprint density at radius 1 is 0.491 bits per heavy atom. The van der Waals surface area contributed by atoms with Crippen molar-refractivity contribution in [2.75, 3.05) is 0 Å². The van der Waals surface area contributed by atoms with Crippen LogP contribution in [0.1, 0.15) is 34.9 Å². The van der Waals surface area contributed by atoms with Crippen LogP contribution in [0.15, 0.2) is 188 Å². The van der Waals surface area contributed by atoms with Gasteiger partial charge in [-0.2, -0.15) is 0 Å². The van der Waals surface area contributed by atoms with Gasteiger partial charge >= 0.3 is 0 Å². The maximum absolute atomic E-state index is 6.43. The Morgan fingerprint density at radius 3 is 1.76 bits per heavy atom. The minimum absolute atomic E-state index is 0.508. The van der Waals surface area contributed by atoms with E-state index < -0.39 is 5.41 Å². The topological polar surface area (TPSA) is 38.9 Å². The zero-order valence-electron chi connectivity index (χ0n) is 30.4. The number of nitrogens with two attached hydrogens (primary N) is 1. The van der Waals surface area contributed by atoms with Crippen molar-refractivity contribution >= 4 is 38.0 Å². The van der Waals surface area contributed by atoms with Crippen LogP contribution < -0.4 is 5.73 Å². The Balaban J connectivity index is 1.26. The Labute approximate surface area is 320 Å². The fourth-order valence-corrected chi connectivity index (χ4v) is 9.81. The van der Waals surface area contributed by atoms with Crippen molar-refractivity contribution in [3.8, 4) is 44.6 Å². The normalized spacial score (nSPS) is 13.8. The number of aromatic nitrogens is 1. The second-order valence-corrected chi connectivity index (χ2v) is 14.7. The molecule has 1 heterocycles. The van der Waals surface area contributed by atoms with Gasteiger partial charge in [-0.1, -0.05) is 158 Å². The van der Waals surface area contributed by atoms with Gasteiger partial charge in [-0.05, 0) is 125 Å². The van der Waals surface area contributed by atoms with Crippen LogP contribution in [0, 0.1) is 0 Å². The fraction of sp³-hybridized carbons (Fsp3) is 0.0377. The maximum atomic E-state index is 6.43. The first kappa shape index (κ1) is 31.5. The van der Waals surface area contributed by atoms with Gasteiger partial charge in [0.15, 0.2) is 0 Å². The fourth-order valence-electron chi connectivity index (χ4n) is 9.81. The van der Waals surface area contributed by atoms with E-state index in [0.29, 0.717) is 5.70 Å². The highest BCUT2D eigenvalue weighted by atomic mass is 14.8. The van der Waals surface area contributed by atoms with Crippen molar-refractivity contribution in [1.29, 1.82) is 0 Å². The molecule has 2 aliphatic rings. The lowest BCUT2D eigenvalue weighted by Gasteiger charge is -2.33. The van der Waals surface area contributed by atoms with Crippen LogP contribution in [0.3, 0.4) is 0 Å². The summed E-state index contributed by atoms with van der Waals surface area (Å²) < 4.78 is 0. The predicted molar refractivity (Wildman–Crippen MR) is 231 cm³/mol. The van der Waals surface area contributed by atoms with Crippen LogP contribution in [0.2, 0.25) is 0 Å². The van der Waals surface area contributed by atoms with Crippen LogP contribution in [0.5, 0.6) is 0 Å². The summed E-state index contributed by atoms with van der Waals surface area (Å²) in [6.45, 7) is 1.98. The van der Waals surface area contributed by atoms with Gasteiger partial charge in [0.05, 0.1) is 22.5 Å². The smallest absolute Gasteiger partial charge is 0.0866 e. The van der Waals surface area contributed by atoms with Crippen molar-refractivity contribution < 1.29 is 0 Å². The highest BCUT2D eigenvalue weighted by Gasteiger charge is 2.54. The minimum Gasteiger partial charge on any atom is -0.397 e. The molecule has 0 atom stereocenters. The summed E-state index contributed by atoms with van der Waals surface area (Å²) in [5.41, 5.74) is 22.3. The zero-order valence-corrected chi connectivity index (χ0v) is 30.4. The molecule has 0 amide bonds. The molecule has 8 aromatic carbocycles. The van der Waals surface area contributed by atoms with Crippen molar-refractivity contribution in [3.63, 3.8) is 0 Å². The molecule has 2 aliphatic carbocycles. The van der Waals surface area contributed by atoms with E-state index in [1.807, 2.05) is 37.3 Å². The summed E-state index contributed by atoms with van der Waals surface area (Å²) in [5, 5.41) is 7.68. The Morgan fingerprint density at radius 2 is 1.05 bits per heavy atom. The minimum atomic E-state index is -0.508. The van der Waals surface area contributed by atoms with Gasteiger partial charge in [0.25, 0.3) is 0 Å². The Bertz CT molecular complexity index is 3080. The Kier molecular flexibility index (Phi) is 6.87. The quantitative estimate of drug-likeness (QED) is 0.147. The molecule has 1 spiro atoms. The Hall–Kier alpha value is -7.03. The van der Waals surface area contributed by atoms with E-state index in [2.05, 4.69) is 158 Å². The van der Waals surface area contributed by atoms with Crippen LogP contribution in [-0.2, 0) is 5.41 Å². The van der Waals surface area contributed by atoms with E-state index >= 15 is 0 Å². The van der Waals surface area contributed by atoms with E-state index in [0.717, 1.165) is 22.5 Å². The molecular weight excluding hydrogens is 665 g/mol. The first-order valence-electron chi connectivity index (χ1n) is 19.0. The van der Waals surface area contributed by atoms with Gasteiger partial charge < -0.3 is 5.73 Å². The van der Waals surface area contributed by atoms with E-state index in [1.165, 1.54) is 82.4 Å². The lowest BCUT2D eigenvalue weighted by molar-refractivity contribution is 0.809. The highest BCUT2D eigenvalue weighted by Crippen LogP contribution is 2.67. The van der Waals surface area contributed by atoms with Crippen molar-refractivity contribution in [2.24, 2.45) is 5.73 Å². The molecule has 55 heavy (non-hydrogen) atoms. The summed E-state index contributed by atoms with van der Waals surface area (Å²) in [5.74, 6) is 0. The highest BCUT2D eigenvalue weighted by molar-refractivity contribution is 6.22. The monoisotopic (exact) mass is 700 g/mol. The SMILES string of the molecule is C/C=C\C=C(/N)c1cccc(-c2cccc(-c3cc4c(c5ccccc35)C3(c5ccccc5-c5ccccc53)c3c-4c4ccccc4c4ccccc34)c2)n1. The van der Waals surface area contributed by atoms with E-state index in [4.69, 9.17) is 10.7 Å². The molecule has 11 rings (SSSR count). The third-order valence-corrected chi connectivity index (χ3v) is 11.9. The van der Waals surface area contributed by atoms with E-state index in [1.54, 1.807) is 0 Å². The van der Waals surface area contributed by atoms with Crippen LogP contribution in [0.4, 0.5) is 0 Å². The number of fused-ring (bicyclic) bond motifs is 17. The average Bonchev–Trinajstić information content (AvgIpc) is 3.73. The second-order valence-electron chi connectivity index (χ2n) is 14.7. The number of allylic oxidation sites excluding steroid dienone is 3. The first-order valence-corrected chi connectivity index (χ1v) is 19.0. The molecule has 0 saturated carbocycles. The van der Waals surface area contributed by atoms with E-state index in [-0.39, 0.29) is 0 Å². The summed E-state index contributed by atoms with van der Waals surface area (Å²) in [7, 11) is 0. The summed E-state index contributed by atoms with van der Waals surface area (Å²) in [4.78, 5) is 5.01. The number of benzene rings is 8. The molecule has 0 radical (unpaired) electrons. The van der Waals surface area contributed by atoms with Crippen LogP contribution in [-0.4, -0.2) is 4.98 Å². The van der Waals surface area contributed by atoms with Gasteiger partial charge in [-0.25, -0.2) is 4.98 Å². The van der Waals surface area contributed by atoms with Crippen molar-refractivity contribution in [2.45, 2.75) is 12.3 Å². The largest absolute Gasteiger partial charge is 0.397 e. The van der Waals surface area contributed by atoms with Crippen molar-refractivity contribution in [3.05, 3.63) is 216 Å². The third-order valence-electron chi connectivity index (χ3n) is 11.9. The van der Waals surface area contributed by atoms with E-state index in [9.17, 15) is 0 Å². The maximum Gasteiger partial charge on any atom is 0.0866 e. The number of hydrogen-bond donors (Lipinski definition) is 1. The van der Waals surface area contributed by atoms with Gasteiger partial charge in [0, 0.05) is 5.56 Å². The number of hydrogen-bond acceptors (Lipinski definition) is 2. The zero-order chi connectivity index (χ0) is 36.7. The van der Waals surface area contributed by atoms with Crippen molar-refractivity contribution in [1.82, 2.24) is 4.98 Å². The number of pyridine rings is 1. The molecule has 258 valence electrons. The van der Waals surface area contributed by atoms with Gasteiger partial charge in [-0.15, -0.1) is 0 Å².